The van der Waals surface area contributed by atoms with Gasteiger partial charge < -0.3 is 25.5 Å². The molecule has 0 aromatic heterocycles. The lowest BCUT2D eigenvalue weighted by Crippen LogP contribution is -2.70. The molecule has 1 fully saturated rings. The summed E-state index contributed by atoms with van der Waals surface area (Å²) < 4.78 is 0. The number of aliphatic hydroxyl groups excluding tert-OH is 3. The molecule has 0 saturated heterocycles. The second-order valence-electron chi connectivity index (χ2n) is 11.9. The molecule has 0 amide bonds. The summed E-state index contributed by atoms with van der Waals surface area (Å²) in [5.74, 6) is -7.71. The highest BCUT2D eigenvalue weighted by Gasteiger charge is 2.68. The normalized spacial score (nSPS) is 31.3. The minimum Gasteiger partial charge on any atom is -0.508 e. The number of benzene rings is 1. The van der Waals surface area contributed by atoms with Gasteiger partial charge in [0.25, 0.3) is 0 Å². The first kappa shape index (κ1) is 28.0. The van der Waals surface area contributed by atoms with Crippen molar-refractivity contribution in [2.75, 3.05) is 14.1 Å². The third-order valence-electron chi connectivity index (χ3n) is 8.59. The SMILES string of the molecule is CCCC(C)(C)CC(=O)C1=C(O)C2(O)C(=O)C3=C(O)c4c(O)cccc4C(C)C3C(O)C2C(N(C)C)C1=O. The Labute approximate surface area is 222 Å². The number of carbonyl (C=O) groups is 3. The Kier molecular flexibility index (Phi) is 6.87. The quantitative estimate of drug-likeness (QED) is 0.351. The fourth-order valence-corrected chi connectivity index (χ4v) is 6.90. The molecular formula is C29H37NO8. The first-order chi connectivity index (χ1) is 17.6. The molecule has 1 aromatic carbocycles. The number of nitrogens with zero attached hydrogens (tertiary/aromatic N) is 1. The Bertz CT molecular complexity index is 1280. The van der Waals surface area contributed by atoms with Crippen LogP contribution in [-0.4, -0.2) is 79.6 Å². The van der Waals surface area contributed by atoms with E-state index in [1.165, 1.54) is 25.1 Å². The third-order valence-corrected chi connectivity index (χ3v) is 8.59. The molecule has 0 bridgehead atoms. The number of likely N-dealkylation sites (N-methyl/N-ethyl adjacent to an activating group) is 1. The summed E-state index contributed by atoms with van der Waals surface area (Å²) >= 11 is 0. The molecule has 6 atom stereocenters. The Morgan fingerprint density at radius 3 is 2.34 bits per heavy atom. The van der Waals surface area contributed by atoms with Gasteiger partial charge in [-0.3, -0.25) is 19.3 Å². The fourth-order valence-electron chi connectivity index (χ4n) is 6.90. The standard InChI is InChI=1S/C29H37NO8/c1-7-11-28(3,4)12-16(32)19-25(35)22(30(5)6)21-24(34)17-13(2)14-9-8-10-15(31)18(14)23(33)20(17)27(37)29(21,38)26(19)36/h8-10,13,17,21-22,24,31,33-34,36,38H,7,11-12H2,1-6H3. The number of phenols is 1. The van der Waals surface area contributed by atoms with Gasteiger partial charge in [0.15, 0.2) is 17.2 Å². The molecule has 0 heterocycles. The molecule has 6 unspecified atom stereocenters. The van der Waals surface area contributed by atoms with Crippen LogP contribution in [0.4, 0.5) is 0 Å². The number of fused-ring (bicyclic) bond motifs is 3. The highest BCUT2D eigenvalue weighted by molar-refractivity contribution is 6.25. The van der Waals surface area contributed by atoms with Crippen molar-refractivity contribution in [3.05, 3.63) is 46.2 Å². The molecule has 206 valence electrons. The summed E-state index contributed by atoms with van der Waals surface area (Å²) in [6.07, 6.45) is -0.200. The molecule has 1 aromatic rings. The van der Waals surface area contributed by atoms with Crippen molar-refractivity contribution in [2.45, 2.75) is 70.6 Å². The molecular weight excluding hydrogens is 490 g/mol. The van der Waals surface area contributed by atoms with Crippen LogP contribution in [0.1, 0.15) is 64.0 Å². The minimum absolute atomic E-state index is 0.00554. The minimum atomic E-state index is -2.84. The second-order valence-corrected chi connectivity index (χ2v) is 11.9. The van der Waals surface area contributed by atoms with Gasteiger partial charge in [-0.1, -0.05) is 46.2 Å². The average Bonchev–Trinajstić information content (AvgIpc) is 2.80. The van der Waals surface area contributed by atoms with Crippen LogP contribution in [0.15, 0.2) is 35.1 Å². The summed E-state index contributed by atoms with van der Waals surface area (Å²) in [4.78, 5) is 42.7. The number of ketones is 3. The molecule has 3 aliphatic carbocycles. The van der Waals surface area contributed by atoms with Gasteiger partial charge in [0.1, 0.15) is 22.8 Å². The molecule has 9 nitrogen and oxygen atoms in total. The van der Waals surface area contributed by atoms with Gasteiger partial charge in [-0.2, -0.15) is 0 Å². The lowest BCUT2D eigenvalue weighted by atomic mass is 9.54. The van der Waals surface area contributed by atoms with E-state index in [9.17, 15) is 39.9 Å². The van der Waals surface area contributed by atoms with Gasteiger partial charge in [0, 0.05) is 17.9 Å². The molecule has 1 saturated carbocycles. The number of hydrogen-bond donors (Lipinski definition) is 5. The van der Waals surface area contributed by atoms with E-state index in [1.54, 1.807) is 19.1 Å². The zero-order chi connectivity index (χ0) is 28.5. The van der Waals surface area contributed by atoms with Crippen molar-refractivity contribution in [3.8, 4) is 5.75 Å². The predicted octanol–water partition coefficient (Wildman–Crippen LogP) is 2.80. The van der Waals surface area contributed by atoms with Crippen molar-refractivity contribution in [2.24, 2.45) is 17.3 Å². The van der Waals surface area contributed by atoms with Crippen LogP contribution in [0.2, 0.25) is 0 Å². The topological polar surface area (TPSA) is 156 Å². The van der Waals surface area contributed by atoms with Gasteiger partial charge in [0.05, 0.1) is 23.6 Å². The summed E-state index contributed by atoms with van der Waals surface area (Å²) in [5.41, 5.74) is -3.86. The van der Waals surface area contributed by atoms with Gasteiger partial charge in [-0.25, -0.2) is 0 Å². The van der Waals surface area contributed by atoms with Crippen LogP contribution >= 0.6 is 0 Å². The first-order valence-electron chi connectivity index (χ1n) is 13.0. The highest BCUT2D eigenvalue weighted by Crippen LogP contribution is 2.56. The number of aliphatic hydroxyl groups is 4. The number of hydrogen-bond acceptors (Lipinski definition) is 9. The van der Waals surface area contributed by atoms with Gasteiger partial charge in [-0.15, -0.1) is 0 Å². The average molecular weight is 528 g/mol. The number of carbonyl (C=O) groups excluding carboxylic acids is 3. The Balaban J connectivity index is 1.97. The molecule has 0 spiro atoms. The summed E-state index contributed by atoms with van der Waals surface area (Å²) in [6.45, 7) is 7.39. The van der Waals surface area contributed by atoms with Crippen LogP contribution in [0.5, 0.6) is 5.75 Å². The summed E-state index contributed by atoms with van der Waals surface area (Å²) in [7, 11) is 3.07. The molecule has 4 rings (SSSR count). The number of aromatic hydroxyl groups is 1. The molecule has 0 aliphatic heterocycles. The van der Waals surface area contributed by atoms with Crippen molar-refractivity contribution in [1.82, 2.24) is 4.90 Å². The summed E-state index contributed by atoms with van der Waals surface area (Å²) in [6, 6.07) is 3.28. The maximum Gasteiger partial charge on any atom is 0.202 e. The van der Waals surface area contributed by atoms with Gasteiger partial charge in [0.2, 0.25) is 5.78 Å². The molecule has 5 N–H and O–H groups in total. The van der Waals surface area contributed by atoms with E-state index in [0.717, 1.165) is 6.42 Å². The molecule has 0 radical (unpaired) electrons. The predicted molar refractivity (Wildman–Crippen MR) is 139 cm³/mol. The first-order valence-corrected chi connectivity index (χ1v) is 13.0. The largest absolute Gasteiger partial charge is 0.508 e. The van der Waals surface area contributed by atoms with E-state index >= 15 is 0 Å². The fraction of sp³-hybridized carbons (Fsp3) is 0.552. The Hall–Kier alpha value is -3.01. The molecule has 38 heavy (non-hydrogen) atoms. The van der Waals surface area contributed by atoms with Gasteiger partial charge >= 0.3 is 0 Å². The zero-order valence-corrected chi connectivity index (χ0v) is 22.6. The second kappa shape index (κ2) is 9.32. The smallest absolute Gasteiger partial charge is 0.202 e. The Morgan fingerprint density at radius 2 is 1.76 bits per heavy atom. The van der Waals surface area contributed by atoms with E-state index in [4.69, 9.17) is 0 Å². The monoisotopic (exact) mass is 527 g/mol. The van der Waals surface area contributed by atoms with E-state index < -0.39 is 75.4 Å². The number of Topliss-reactive ketones (excluding diaryl/α,β-unsaturated/α-hetero) is 3. The maximum absolute atomic E-state index is 14.1. The van der Waals surface area contributed by atoms with Crippen LogP contribution in [0.25, 0.3) is 5.76 Å². The number of rotatable bonds is 6. The maximum atomic E-state index is 14.1. The third kappa shape index (κ3) is 3.82. The van der Waals surface area contributed by atoms with E-state index in [2.05, 4.69) is 0 Å². The zero-order valence-electron chi connectivity index (χ0n) is 22.6. The lowest BCUT2D eigenvalue weighted by Gasteiger charge is -2.54. The van der Waals surface area contributed by atoms with Crippen LogP contribution in [-0.2, 0) is 14.4 Å². The van der Waals surface area contributed by atoms with Gasteiger partial charge in [-0.05, 0) is 43.5 Å². The van der Waals surface area contributed by atoms with E-state index in [-0.39, 0.29) is 23.3 Å². The molecule has 9 heteroatoms. The number of phenolic OH excluding ortho intramolecular Hbond substituents is 1. The molecule has 3 aliphatic rings. The highest BCUT2D eigenvalue weighted by atomic mass is 16.4. The van der Waals surface area contributed by atoms with E-state index in [0.29, 0.717) is 12.0 Å². The lowest BCUT2D eigenvalue weighted by molar-refractivity contribution is -0.169. The van der Waals surface area contributed by atoms with Crippen LogP contribution in [0.3, 0.4) is 0 Å². The van der Waals surface area contributed by atoms with E-state index in [1.807, 2.05) is 20.8 Å². The Morgan fingerprint density at radius 1 is 1.13 bits per heavy atom. The van der Waals surface area contributed by atoms with Crippen molar-refractivity contribution in [3.63, 3.8) is 0 Å². The van der Waals surface area contributed by atoms with Crippen molar-refractivity contribution < 1.29 is 39.9 Å². The van der Waals surface area contributed by atoms with Crippen molar-refractivity contribution >= 4 is 23.1 Å². The van der Waals surface area contributed by atoms with Crippen LogP contribution < -0.4 is 0 Å². The summed E-state index contributed by atoms with van der Waals surface area (Å²) in [5, 5.41) is 56.6. The van der Waals surface area contributed by atoms with Crippen LogP contribution in [0, 0.1) is 17.3 Å². The van der Waals surface area contributed by atoms with Crippen molar-refractivity contribution in [1.29, 1.82) is 0 Å².